The minimum Gasteiger partial charge on any atom is -0.619 e. The number of esters is 2. The Bertz CT molecular complexity index is 1800. The van der Waals surface area contributed by atoms with Gasteiger partial charge in [0.25, 0.3) is 0 Å². The normalized spacial score (nSPS) is 14.7. The summed E-state index contributed by atoms with van der Waals surface area (Å²) in [5.41, 5.74) is 1.40. The van der Waals surface area contributed by atoms with E-state index in [1.807, 2.05) is 6.07 Å². The Morgan fingerprint density at radius 1 is 0.961 bits per heavy atom. The highest BCUT2D eigenvalue weighted by atomic mass is 35.5. The quantitative estimate of drug-likeness (QED) is 0.0806. The van der Waals surface area contributed by atoms with E-state index in [1.54, 1.807) is 42.5 Å². The lowest BCUT2D eigenvalue weighted by molar-refractivity contribution is -0.605. The molecule has 51 heavy (non-hydrogen) atoms. The van der Waals surface area contributed by atoms with Gasteiger partial charge in [-0.1, -0.05) is 66.5 Å². The van der Waals surface area contributed by atoms with Crippen molar-refractivity contribution in [1.29, 1.82) is 0 Å². The number of piperidine rings is 1. The molecule has 1 fully saturated rings. The van der Waals surface area contributed by atoms with E-state index in [1.165, 1.54) is 26.4 Å². The molecule has 1 aliphatic heterocycles. The third-order valence-electron chi connectivity index (χ3n) is 8.96. The molecule has 2 heterocycles. The first-order valence-electron chi connectivity index (χ1n) is 16.6. The molecule has 1 N–H and O–H groups in total. The third kappa shape index (κ3) is 9.61. The highest BCUT2D eigenvalue weighted by Crippen LogP contribution is 2.36. The number of carbonyl (C=O) groups is 2. The zero-order chi connectivity index (χ0) is 36.5. The standard InChI is InChI=1S/C38H40Cl2FN3O7/c1-4-43-16-14-24(15-17-43)23-50-38(46)36(25-8-6-5-7-9-25)42-32-12-10-27(18-31(32)41)37(45)51-34(20-28-29(39)21-44(47)22-30(28)40)26-11-13-33(48-2)35(19-26)49-3/h5-13,18-19,21-22,24,34,36,42H,4,14-17,20,23H2,1-3H3/t34-,36?/m0/s1. The second kappa shape index (κ2) is 17.6. The van der Waals surface area contributed by atoms with Crippen LogP contribution in [0.4, 0.5) is 10.1 Å². The van der Waals surface area contributed by atoms with Crippen LogP contribution in [-0.4, -0.2) is 57.3 Å². The maximum Gasteiger partial charge on any atom is 0.338 e. The molecular formula is C38H40Cl2FN3O7. The molecule has 5 rings (SSSR count). The van der Waals surface area contributed by atoms with Gasteiger partial charge in [0, 0.05) is 12.0 Å². The molecule has 0 spiro atoms. The number of halogens is 3. The number of rotatable bonds is 14. The van der Waals surface area contributed by atoms with Gasteiger partial charge < -0.3 is 34.4 Å². The zero-order valence-electron chi connectivity index (χ0n) is 28.6. The Labute approximate surface area is 306 Å². The number of nitrogens with one attached hydrogen (secondary N) is 1. The maximum absolute atomic E-state index is 15.7. The number of anilines is 1. The Balaban J connectivity index is 1.35. The van der Waals surface area contributed by atoms with Crippen molar-refractivity contribution in [3.05, 3.63) is 122 Å². The number of hydrogen-bond donors (Lipinski definition) is 1. The Kier molecular flexibility index (Phi) is 13.0. The zero-order valence-corrected chi connectivity index (χ0v) is 30.1. The van der Waals surface area contributed by atoms with E-state index in [0.29, 0.717) is 32.9 Å². The molecule has 270 valence electrons. The molecule has 0 aliphatic carbocycles. The van der Waals surface area contributed by atoms with Gasteiger partial charge in [0.15, 0.2) is 29.9 Å². The Morgan fingerprint density at radius 3 is 2.27 bits per heavy atom. The highest BCUT2D eigenvalue weighted by Gasteiger charge is 2.28. The highest BCUT2D eigenvalue weighted by molar-refractivity contribution is 6.35. The summed E-state index contributed by atoms with van der Waals surface area (Å²) in [7, 11) is 2.96. The molecule has 0 bridgehead atoms. The summed E-state index contributed by atoms with van der Waals surface area (Å²) in [5, 5.41) is 15.0. The van der Waals surface area contributed by atoms with Crippen LogP contribution in [0.1, 0.15) is 59.0 Å². The number of aromatic nitrogens is 1. The number of nitrogens with zero attached hydrogens (tertiary/aromatic N) is 2. The SMILES string of the molecule is CCN1CCC(COC(=O)C(Nc2ccc(C(=O)O[C@@H](Cc3c(Cl)c[n+]([O-])cc3Cl)c3ccc(OC)c(OC)c3)cc2F)c2ccccc2)CC1. The summed E-state index contributed by atoms with van der Waals surface area (Å²) in [6.45, 7) is 5.33. The fourth-order valence-corrected chi connectivity index (χ4v) is 6.58. The van der Waals surface area contributed by atoms with Crippen LogP contribution < -0.4 is 19.5 Å². The fourth-order valence-electron chi connectivity index (χ4n) is 5.98. The van der Waals surface area contributed by atoms with Crippen molar-refractivity contribution in [3.8, 4) is 11.5 Å². The Hall–Kier alpha value is -4.58. The first kappa shape index (κ1) is 37.7. The van der Waals surface area contributed by atoms with Gasteiger partial charge in [-0.25, -0.2) is 14.0 Å². The molecule has 1 saturated heterocycles. The first-order valence-corrected chi connectivity index (χ1v) is 17.3. The number of carbonyl (C=O) groups excluding carboxylic acids is 2. The van der Waals surface area contributed by atoms with Crippen LogP contribution >= 0.6 is 23.2 Å². The van der Waals surface area contributed by atoms with E-state index in [2.05, 4.69) is 17.1 Å². The summed E-state index contributed by atoms with van der Waals surface area (Å²) in [6, 6.07) is 16.7. The van der Waals surface area contributed by atoms with Crippen molar-refractivity contribution in [2.75, 3.05) is 45.8 Å². The molecule has 2 atom stereocenters. The van der Waals surface area contributed by atoms with Crippen LogP contribution in [0, 0.1) is 16.9 Å². The molecular weight excluding hydrogens is 700 g/mol. The average molecular weight is 741 g/mol. The van der Waals surface area contributed by atoms with Crippen molar-refractivity contribution < 1.29 is 37.7 Å². The van der Waals surface area contributed by atoms with E-state index in [0.717, 1.165) is 50.9 Å². The number of benzene rings is 3. The minimum atomic E-state index is -0.989. The monoisotopic (exact) mass is 739 g/mol. The summed E-state index contributed by atoms with van der Waals surface area (Å²) in [5.74, 6) is -1.05. The van der Waals surface area contributed by atoms with Crippen molar-refractivity contribution in [1.82, 2.24) is 4.90 Å². The van der Waals surface area contributed by atoms with Gasteiger partial charge in [0.2, 0.25) is 0 Å². The lowest BCUT2D eigenvalue weighted by Gasteiger charge is -2.31. The summed E-state index contributed by atoms with van der Waals surface area (Å²) in [6.07, 6.45) is 3.17. The molecule has 3 aromatic carbocycles. The largest absolute Gasteiger partial charge is 0.619 e. The van der Waals surface area contributed by atoms with Crippen molar-refractivity contribution in [2.45, 2.75) is 38.3 Å². The molecule has 13 heteroatoms. The van der Waals surface area contributed by atoms with Gasteiger partial charge in [-0.2, -0.15) is 4.73 Å². The number of hydrogen-bond acceptors (Lipinski definition) is 9. The van der Waals surface area contributed by atoms with Gasteiger partial charge in [0.1, 0.15) is 22.0 Å². The maximum atomic E-state index is 15.7. The summed E-state index contributed by atoms with van der Waals surface area (Å²) < 4.78 is 38.6. The topological polar surface area (TPSA) is 113 Å². The van der Waals surface area contributed by atoms with E-state index >= 15 is 4.39 Å². The smallest absolute Gasteiger partial charge is 0.338 e. The van der Waals surface area contributed by atoms with Gasteiger partial charge in [-0.05, 0) is 79.9 Å². The van der Waals surface area contributed by atoms with Crippen LogP contribution in [-0.2, 0) is 20.7 Å². The summed E-state index contributed by atoms with van der Waals surface area (Å²) >= 11 is 12.7. The molecule has 10 nitrogen and oxygen atoms in total. The van der Waals surface area contributed by atoms with Crippen LogP contribution in [0.5, 0.6) is 11.5 Å². The van der Waals surface area contributed by atoms with E-state index < -0.39 is 29.9 Å². The number of likely N-dealkylation sites (tertiary alicyclic amines) is 1. The van der Waals surface area contributed by atoms with E-state index in [-0.39, 0.29) is 40.2 Å². The second-order valence-electron chi connectivity index (χ2n) is 12.2. The van der Waals surface area contributed by atoms with E-state index in [9.17, 15) is 14.8 Å². The predicted octanol–water partition coefficient (Wildman–Crippen LogP) is 7.35. The van der Waals surface area contributed by atoms with Gasteiger partial charge in [0.05, 0.1) is 32.1 Å². The van der Waals surface area contributed by atoms with Crippen LogP contribution in [0.25, 0.3) is 0 Å². The van der Waals surface area contributed by atoms with Gasteiger partial charge in [-0.15, -0.1) is 0 Å². The number of pyridine rings is 1. The third-order valence-corrected chi connectivity index (χ3v) is 9.62. The molecule has 1 aromatic heterocycles. The van der Waals surface area contributed by atoms with Gasteiger partial charge >= 0.3 is 11.9 Å². The van der Waals surface area contributed by atoms with Crippen LogP contribution in [0.2, 0.25) is 10.0 Å². The first-order chi connectivity index (χ1) is 24.6. The molecule has 1 aliphatic rings. The van der Waals surface area contributed by atoms with Crippen LogP contribution in [0.15, 0.2) is 79.1 Å². The molecule has 1 unspecified atom stereocenters. The second-order valence-corrected chi connectivity index (χ2v) is 13.0. The predicted molar refractivity (Wildman–Crippen MR) is 192 cm³/mol. The van der Waals surface area contributed by atoms with Gasteiger partial charge in [-0.3, -0.25) is 0 Å². The summed E-state index contributed by atoms with van der Waals surface area (Å²) in [4.78, 5) is 29.3. The molecule has 0 radical (unpaired) electrons. The number of ether oxygens (including phenoxy) is 4. The Morgan fingerprint density at radius 2 is 1.65 bits per heavy atom. The lowest BCUT2D eigenvalue weighted by Crippen LogP contribution is -2.35. The van der Waals surface area contributed by atoms with Crippen molar-refractivity contribution in [3.63, 3.8) is 0 Å². The lowest BCUT2D eigenvalue weighted by atomic mass is 9.98. The minimum absolute atomic E-state index is 0.00110. The van der Waals surface area contributed by atoms with E-state index in [4.69, 9.17) is 42.1 Å². The van der Waals surface area contributed by atoms with Crippen molar-refractivity contribution in [2.24, 2.45) is 5.92 Å². The average Bonchev–Trinajstić information content (AvgIpc) is 3.14. The molecule has 0 saturated carbocycles. The number of methoxy groups -OCH3 is 2. The molecule has 0 amide bonds. The fraction of sp³-hybridized carbons (Fsp3) is 0.342. The van der Waals surface area contributed by atoms with Crippen LogP contribution in [0.3, 0.4) is 0 Å². The molecule has 4 aromatic rings. The van der Waals surface area contributed by atoms with Crippen molar-refractivity contribution >= 4 is 40.8 Å².